The number of hydrogen-bond donors (Lipinski definition) is 2. The van der Waals surface area contributed by atoms with Crippen LogP contribution < -0.4 is 11.1 Å². The van der Waals surface area contributed by atoms with E-state index in [0.717, 1.165) is 18.2 Å². The molecule has 1 heterocycles. The highest BCUT2D eigenvalue weighted by molar-refractivity contribution is 5.54. The largest absolute Gasteiger partial charge is 0.396 e. The number of nitrogens with two attached hydrogens (primary N) is 1. The molecule has 1 aromatic heterocycles. The van der Waals surface area contributed by atoms with Gasteiger partial charge in [0, 0.05) is 6.07 Å². The minimum absolute atomic E-state index is 0.0234. The van der Waals surface area contributed by atoms with Crippen molar-refractivity contribution in [3.8, 4) is 0 Å². The smallest absolute Gasteiger partial charge is 0.227 e. The van der Waals surface area contributed by atoms with Gasteiger partial charge in [-0.3, -0.25) is 0 Å². The summed E-state index contributed by atoms with van der Waals surface area (Å²) in [5.41, 5.74) is 5.76. The maximum atomic E-state index is 13.2. The van der Waals surface area contributed by atoms with E-state index < -0.39 is 11.6 Å². The lowest BCUT2D eigenvalue weighted by Gasteiger charge is -2.05. The summed E-state index contributed by atoms with van der Waals surface area (Å²) in [5.74, 6) is -0.972. The van der Waals surface area contributed by atoms with E-state index in [1.54, 1.807) is 0 Å². The number of nitrogen functional groups attached to an aromatic ring is 1. The molecule has 0 saturated carbocycles. The molecule has 2 rings (SSSR count). The van der Waals surface area contributed by atoms with Crippen molar-refractivity contribution < 1.29 is 8.78 Å². The molecule has 6 heteroatoms. The van der Waals surface area contributed by atoms with Gasteiger partial charge in [0.25, 0.3) is 0 Å². The van der Waals surface area contributed by atoms with E-state index in [1.807, 2.05) is 0 Å². The van der Waals surface area contributed by atoms with Crippen molar-refractivity contribution in [2.75, 3.05) is 11.1 Å². The van der Waals surface area contributed by atoms with Gasteiger partial charge < -0.3 is 11.1 Å². The lowest BCUT2D eigenvalue weighted by atomic mass is 10.3. The van der Waals surface area contributed by atoms with Crippen LogP contribution in [0.1, 0.15) is 0 Å². The average molecular weight is 222 g/mol. The Balaban J connectivity index is 2.26. The zero-order valence-corrected chi connectivity index (χ0v) is 8.11. The van der Waals surface area contributed by atoms with Gasteiger partial charge in [0.15, 0.2) is 0 Å². The number of anilines is 3. The SMILES string of the molecule is Nc1cnc(Nc2cc(F)ccc2F)nc1. The molecule has 0 aliphatic carbocycles. The lowest BCUT2D eigenvalue weighted by molar-refractivity contribution is 0.603. The molecule has 0 fully saturated rings. The zero-order chi connectivity index (χ0) is 11.5. The Morgan fingerprint density at radius 2 is 1.81 bits per heavy atom. The number of hydrogen-bond acceptors (Lipinski definition) is 4. The van der Waals surface area contributed by atoms with Crippen LogP contribution in [0.15, 0.2) is 30.6 Å². The fraction of sp³-hybridized carbons (Fsp3) is 0. The number of benzene rings is 1. The third-order valence-corrected chi connectivity index (χ3v) is 1.85. The average Bonchev–Trinajstić information content (AvgIpc) is 2.27. The van der Waals surface area contributed by atoms with Crippen LogP contribution >= 0.6 is 0 Å². The van der Waals surface area contributed by atoms with Gasteiger partial charge in [-0.15, -0.1) is 0 Å². The summed E-state index contributed by atoms with van der Waals surface area (Å²) in [6, 6.07) is 3.08. The van der Waals surface area contributed by atoms with Crippen LogP contribution in [0, 0.1) is 11.6 Å². The molecule has 0 saturated heterocycles. The van der Waals surface area contributed by atoms with Crippen LogP contribution in [-0.4, -0.2) is 9.97 Å². The molecule has 0 aliphatic heterocycles. The minimum Gasteiger partial charge on any atom is -0.396 e. The number of aromatic nitrogens is 2. The summed E-state index contributed by atoms with van der Waals surface area (Å²) >= 11 is 0. The molecular formula is C10H8F2N4. The molecule has 0 bridgehead atoms. The van der Waals surface area contributed by atoms with Crippen LogP contribution in [0.4, 0.5) is 26.1 Å². The van der Waals surface area contributed by atoms with Gasteiger partial charge in [-0.2, -0.15) is 0 Å². The molecule has 4 nitrogen and oxygen atoms in total. The van der Waals surface area contributed by atoms with E-state index in [-0.39, 0.29) is 11.6 Å². The first-order chi connectivity index (χ1) is 7.65. The fourth-order valence-electron chi connectivity index (χ4n) is 1.12. The van der Waals surface area contributed by atoms with Gasteiger partial charge >= 0.3 is 0 Å². The number of nitrogens with zero attached hydrogens (tertiary/aromatic N) is 2. The van der Waals surface area contributed by atoms with E-state index in [0.29, 0.717) is 5.69 Å². The van der Waals surface area contributed by atoms with E-state index >= 15 is 0 Å². The highest BCUT2D eigenvalue weighted by Gasteiger charge is 2.05. The molecule has 82 valence electrons. The van der Waals surface area contributed by atoms with Crippen molar-refractivity contribution in [3.05, 3.63) is 42.2 Å². The van der Waals surface area contributed by atoms with E-state index in [1.165, 1.54) is 12.4 Å². The molecule has 16 heavy (non-hydrogen) atoms. The van der Waals surface area contributed by atoms with E-state index in [9.17, 15) is 8.78 Å². The highest BCUT2D eigenvalue weighted by atomic mass is 19.1. The maximum Gasteiger partial charge on any atom is 0.227 e. The lowest BCUT2D eigenvalue weighted by Crippen LogP contribution is -2.00. The van der Waals surface area contributed by atoms with Gasteiger partial charge in [0.1, 0.15) is 11.6 Å². The predicted octanol–water partition coefficient (Wildman–Crippen LogP) is 2.08. The topological polar surface area (TPSA) is 63.8 Å². The quantitative estimate of drug-likeness (QED) is 0.816. The molecule has 1 aromatic carbocycles. The van der Waals surface area contributed by atoms with Crippen LogP contribution in [0.5, 0.6) is 0 Å². The Morgan fingerprint density at radius 3 is 2.50 bits per heavy atom. The summed E-state index contributed by atoms with van der Waals surface area (Å²) in [6.45, 7) is 0. The van der Waals surface area contributed by atoms with Crippen molar-refractivity contribution in [3.63, 3.8) is 0 Å². The van der Waals surface area contributed by atoms with Gasteiger partial charge in [0.05, 0.1) is 23.8 Å². The number of nitrogens with one attached hydrogen (secondary N) is 1. The highest BCUT2D eigenvalue weighted by Crippen LogP contribution is 2.18. The number of halogens is 2. The van der Waals surface area contributed by atoms with Gasteiger partial charge in [-0.25, -0.2) is 18.7 Å². The molecular weight excluding hydrogens is 214 g/mol. The Bertz CT molecular complexity index is 499. The summed E-state index contributed by atoms with van der Waals surface area (Å²) in [5, 5.41) is 2.55. The molecule has 0 atom stereocenters. The van der Waals surface area contributed by atoms with Crippen molar-refractivity contribution in [1.29, 1.82) is 0 Å². The molecule has 3 N–H and O–H groups in total. The van der Waals surface area contributed by atoms with Gasteiger partial charge in [-0.1, -0.05) is 0 Å². The molecule has 0 radical (unpaired) electrons. The first-order valence-electron chi connectivity index (χ1n) is 4.45. The Hall–Kier alpha value is -2.24. The van der Waals surface area contributed by atoms with E-state index in [2.05, 4.69) is 15.3 Å². The van der Waals surface area contributed by atoms with Crippen molar-refractivity contribution in [2.24, 2.45) is 0 Å². The van der Waals surface area contributed by atoms with Crippen LogP contribution in [0.2, 0.25) is 0 Å². The molecule has 2 aromatic rings. The van der Waals surface area contributed by atoms with Crippen molar-refractivity contribution in [2.45, 2.75) is 0 Å². The summed E-state index contributed by atoms with van der Waals surface area (Å²) in [4.78, 5) is 7.62. The molecule has 0 unspecified atom stereocenters. The van der Waals surface area contributed by atoms with Crippen molar-refractivity contribution >= 4 is 17.3 Å². The Morgan fingerprint density at radius 1 is 1.12 bits per heavy atom. The second-order valence-corrected chi connectivity index (χ2v) is 3.09. The second-order valence-electron chi connectivity index (χ2n) is 3.09. The fourth-order valence-corrected chi connectivity index (χ4v) is 1.12. The number of rotatable bonds is 2. The van der Waals surface area contributed by atoms with Crippen LogP contribution in [0.25, 0.3) is 0 Å². The summed E-state index contributed by atoms with van der Waals surface area (Å²) < 4.78 is 26.1. The second kappa shape index (κ2) is 4.09. The monoisotopic (exact) mass is 222 g/mol. The van der Waals surface area contributed by atoms with Crippen LogP contribution in [0.3, 0.4) is 0 Å². The van der Waals surface area contributed by atoms with Crippen molar-refractivity contribution in [1.82, 2.24) is 9.97 Å². The summed E-state index contributed by atoms with van der Waals surface area (Å²) in [7, 11) is 0. The molecule has 0 amide bonds. The zero-order valence-electron chi connectivity index (χ0n) is 8.11. The predicted molar refractivity (Wildman–Crippen MR) is 56.1 cm³/mol. The minimum atomic E-state index is -0.582. The normalized spacial score (nSPS) is 10.1. The first kappa shape index (κ1) is 10.3. The maximum absolute atomic E-state index is 13.2. The molecule has 0 aliphatic rings. The molecule has 0 spiro atoms. The Kier molecular flexibility index (Phi) is 2.63. The summed E-state index contributed by atoms with van der Waals surface area (Å²) in [6.07, 6.45) is 2.74. The van der Waals surface area contributed by atoms with Gasteiger partial charge in [0.2, 0.25) is 5.95 Å². The Labute approximate surface area is 90.1 Å². The van der Waals surface area contributed by atoms with Gasteiger partial charge in [-0.05, 0) is 12.1 Å². The van der Waals surface area contributed by atoms with E-state index in [4.69, 9.17) is 5.73 Å². The first-order valence-corrected chi connectivity index (χ1v) is 4.45. The third-order valence-electron chi connectivity index (χ3n) is 1.85. The third kappa shape index (κ3) is 2.22. The standard InChI is InChI=1S/C10H8F2N4/c11-6-1-2-8(12)9(3-6)16-10-14-4-7(13)5-15-10/h1-5H,13H2,(H,14,15,16). The van der Waals surface area contributed by atoms with Crippen LogP contribution in [-0.2, 0) is 0 Å².